The van der Waals surface area contributed by atoms with Gasteiger partial charge in [0, 0.05) is 6.54 Å². The summed E-state index contributed by atoms with van der Waals surface area (Å²) in [5.41, 5.74) is 1.58. The molecular weight excluding hydrogens is 350 g/mol. The summed E-state index contributed by atoms with van der Waals surface area (Å²) in [6, 6.07) is 7.65. The van der Waals surface area contributed by atoms with E-state index in [2.05, 4.69) is 25.9 Å². The lowest BCUT2D eigenvalue weighted by Gasteiger charge is -2.19. The Hall–Kier alpha value is -3.36. The van der Waals surface area contributed by atoms with Crippen LogP contribution in [0.5, 0.6) is 5.75 Å². The predicted molar refractivity (Wildman–Crippen MR) is 99.8 cm³/mol. The molecule has 9 nitrogen and oxygen atoms in total. The van der Waals surface area contributed by atoms with Crippen LogP contribution in [0.15, 0.2) is 35.1 Å². The molecule has 0 atom stereocenters. The molecule has 0 aliphatic carbocycles. The summed E-state index contributed by atoms with van der Waals surface area (Å²) < 4.78 is 15.2. The lowest BCUT2D eigenvalue weighted by Crippen LogP contribution is -2.27. The quantitative estimate of drug-likeness (QED) is 0.700. The van der Waals surface area contributed by atoms with Gasteiger partial charge in [0.1, 0.15) is 11.4 Å². The van der Waals surface area contributed by atoms with Gasteiger partial charge < -0.3 is 14.8 Å². The maximum absolute atomic E-state index is 12.0. The number of carbonyl (C=O) groups excluding carboxylic acids is 1. The van der Waals surface area contributed by atoms with Crippen molar-refractivity contribution in [3.8, 4) is 5.75 Å². The van der Waals surface area contributed by atoms with E-state index in [4.69, 9.17) is 14.1 Å². The molecule has 3 aromatic rings. The molecular formula is C18H21N5O4. The molecule has 2 aromatic heterocycles. The molecule has 0 spiro atoms. The number of hydrogen-bond acceptors (Lipinski definition) is 8. The molecule has 0 bridgehead atoms. The van der Waals surface area contributed by atoms with Crippen LogP contribution in [0, 0.1) is 0 Å². The van der Waals surface area contributed by atoms with Crippen LogP contribution in [0.3, 0.4) is 0 Å². The molecule has 0 radical (unpaired) electrons. The molecule has 0 fully saturated rings. The van der Waals surface area contributed by atoms with Gasteiger partial charge in [-0.2, -0.15) is 0 Å². The van der Waals surface area contributed by atoms with Crippen LogP contribution < -0.4 is 15.4 Å². The van der Waals surface area contributed by atoms with E-state index in [9.17, 15) is 4.79 Å². The monoisotopic (exact) mass is 371 g/mol. The van der Waals surface area contributed by atoms with E-state index in [0.29, 0.717) is 29.1 Å². The highest BCUT2D eigenvalue weighted by Crippen LogP contribution is 2.26. The van der Waals surface area contributed by atoms with E-state index in [1.54, 1.807) is 27.9 Å². The minimum Gasteiger partial charge on any atom is -0.497 e. The first-order valence-corrected chi connectivity index (χ1v) is 8.34. The van der Waals surface area contributed by atoms with Crippen molar-refractivity contribution in [2.45, 2.75) is 32.9 Å². The summed E-state index contributed by atoms with van der Waals surface area (Å²) in [6.45, 7) is 5.87. The Morgan fingerprint density at radius 1 is 1.15 bits per heavy atom. The lowest BCUT2D eigenvalue weighted by molar-refractivity contribution is 0.0636. The Kier molecular flexibility index (Phi) is 5.11. The highest BCUT2D eigenvalue weighted by atomic mass is 16.6. The molecule has 3 rings (SSSR count). The van der Waals surface area contributed by atoms with Gasteiger partial charge in [0.2, 0.25) is 0 Å². The number of nitrogens with zero attached hydrogens (tertiary/aromatic N) is 3. The van der Waals surface area contributed by atoms with Crippen LogP contribution in [0.2, 0.25) is 0 Å². The van der Waals surface area contributed by atoms with E-state index in [0.717, 1.165) is 11.3 Å². The number of methoxy groups -OCH3 is 1. The van der Waals surface area contributed by atoms with Gasteiger partial charge in [-0.05, 0) is 48.8 Å². The number of pyridine rings is 1. The third kappa shape index (κ3) is 4.63. The van der Waals surface area contributed by atoms with Gasteiger partial charge in [0.25, 0.3) is 0 Å². The zero-order chi connectivity index (χ0) is 19.4. The number of fused-ring (bicyclic) bond motifs is 1. The summed E-state index contributed by atoms with van der Waals surface area (Å²) >= 11 is 0. The van der Waals surface area contributed by atoms with Crippen molar-refractivity contribution in [3.05, 3.63) is 36.0 Å². The van der Waals surface area contributed by atoms with Crippen LogP contribution >= 0.6 is 0 Å². The first-order chi connectivity index (χ1) is 12.9. The number of ether oxygens (including phenoxy) is 2. The van der Waals surface area contributed by atoms with E-state index >= 15 is 0 Å². The van der Waals surface area contributed by atoms with E-state index in [1.165, 1.54) is 6.20 Å². The molecule has 1 amide bonds. The Balaban J connectivity index is 1.74. The van der Waals surface area contributed by atoms with E-state index in [1.807, 2.05) is 24.3 Å². The number of amides is 1. The van der Waals surface area contributed by atoms with Gasteiger partial charge in [-0.25, -0.2) is 14.4 Å². The zero-order valence-corrected chi connectivity index (χ0v) is 15.6. The number of rotatable bonds is 5. The SMILES string of the molecule is COc1ccc(CNc2ncc(NC(=O)OC(C)(C)C)c3nonc23)cc1. The Morgan fingerprint density at radius 3 is 2.52 bits per heavy atom. The first-order valence-electron chi connectivity index (χ1n) is 8.34. The van der Waals surface area contributed by atoms with Crippen molar-refractivity contribution < 1.29 is 18.9 Å². The lowest BCUT2D eigenvalue weighted by atomic mass is 10.2. The van der Waals surface area contributed by atoms with Crippen LogP contribution in [0.25, 0.3) is 11.0 Å². The van der Waals surface area contributed by atoms with Crippen LogP contribution in [0.1, 0.15) is 26.3 Å². The molecule has 2 N–H and O–H groups in total. The molecule has 0 unspecified atom stereocenters. The molecule has 0 aliphatic heterocycles. The van der Waals surface area contributed by atoms with Gasteiger partial charge >= 0.3 is 6.09 Å². The maximum Gasteiger partial charge on any atom is 0.412 e. The second-order valence-electron chi connectivity index (χ2n) is 6.81. The molecule has 0 aliphatic rings. The second kappa shape index (κ2) is 7.48. The minimum absolute atomic E-state index is 0.357. The Labute approximate surface area is 156 Å². The molecule has 27 heavy (non-hydrogen) atoms. The standard InChI is InChI=1S/C18H21N5O4/c1-18(2,3)26-17(24)21-13-10-20-16(15-14(13)22-27-23-15)19-9-11-5-7-12(25-4)8-6-11/h5-8,10H,9H2,1-4H3,(H,19,20)(H,21,24). The summed E-state index contributed by atoms with van der Waals surface area (Å²) in [7, 11) is 1.62. The van der Waals surface area contributed by atoms with Crippen LogP contribution in [0.4, 0.5) is 16.3 Å². The average molecular weight is 371 g/mol. The van der Waals surface area contributed by atoms with Gasteiger partial charge in [-0.3, -0.25) is 5.32 Å². The highest BCUT2D eigenvalue weighted by Gasteiger charge is 2.19. The number of hydrogen-bond donors (Lipinski definition) is 2. The topological polar surface area (TPSA) is 111 Å². The normalized spacial score (nSPS) is 11.3. The summed E-state index contributed by atoms with van der Waals surface area (Å²) in [6.07, 6.45) is 0.875. The predicted octanol–water partition coefficient (Wildman–Crippen LogP) is 3.59. The highest BCUT2D eigenvalue weighted by molar-refractivity contribution is 5.99. The third-order valence-electron chi connectivity index (χ3n) is 3.55. The van der Waals surface area contributed by atoms with Gasteiger partial charge in [0.05, 0.1) is 19.0 Å². The molecule has 0 saturated carbocycles. The van der Waals surface area contributed by atoms with Crippen molar-refractivity contribution in [2.24, 2.45) is 0 Å². The number of aromatic nitrogens is 3. The van der Waals surface area contributed by atoms with Crippen molar-refractivity contribution >= 4 is 28.6 Å². The van der Waals surface area contributed by atoms with E-state index < -0.39 is 11.7 Å². The Morgan fingerprint density at radius 2 is 1.85 bits per heavy atom. The largest absolute Gasteiger partial charge is 0.497 e. The van der Waals surface area contributed by atoms with Crippen molar-refractivity contribution in [2.75, 3.05) is 17.7 Å². The van der Waals surface area contributed by atoms with Crippen LogP contribution in [-0.2, 0) is 11.3 Å². The number of benzene rings is 1. The molecule has 142 valence electrons. The molecule has 1 aromatic carbocycles. The fourth-order valence-electron chi connectivity index (χ4n) is 2.34. The smallest absolute Gasteiger partial charge is 0.412 e. The summed E-state index contributed by atoms with van der Waals surface area (Å²) in [5.74, 6) is 1.29. The first kappa shape index (κ1) is 18.4. The summed E-state index contributed by atoms with van der Waals surface area (Å²) in [4.78, 5) is 16.3. The number of carbonyl (C=O) groups is 1. The fraction of sp³-hybridized carbons (Fsp3) is 0.333. The van der Waals surface area contributed by atoms with Crippen molar-refractivity contribution in [1.82, 2.24) is 15.3 Å². The molecule has 2 heterocycles. The second-order valence-corrected chi connectivity index (χ2v) is 6.81. The Bertz CT molecular complexity index is 931. The zero-order valence-electron chi connectivity index (χ0n) is 15.6. The number of nitrogens with one attached hydrogen (secondary N) is 2. The van der Waals surface area contributed by atoms with E-state index in [-0.39, 0.29) is 0 Å². The third-order valence-corrected chi connectivity index (χ3v) is 3.55. The minimum atomic E-state index is -0.613. The van der Waals surface area contributed by atoms with Crippen molar-refractivity contribution in [1.29, 1.82) is 0 Å². The number of anilines is 2. The van der Waals surface area contributed by atoms with Crippen LogP contribution in [-0.4, -0.2) is 34.1 Å². The molecule has 9 heteroatoms. The molecule has 0 saturated heterocycles. The van der Waals surface area contributed by atoms with Crippen molar-refractivity contribution in [3.63, 3.8) is 0 Å². The fourth-order valence-corrected chi connectivity index (χ4v) is 2.34. The van der Waals surface area contributed by atoms with Gasteiger partial charge in [-0.1, -0.05) is 12.1 Å². The summed E-state index contributed by atoms with van der Waals surface area (Å²) in [5, 5.41) is 13.5. The average Bonchev–Trinajstić information content (AvgIpc) is 3.10. The van der Waals surface area contributed by atoms with Gasteiger partial charge in [0.15, 0.2) is 16.9 Å². The maximum atomic E-state index is 12.0. The van der Waals surface area contributed by atoms with Gasteiger partial charge in [-0.15, -0.1) is 0 Å².